The molecule has 62 valence electrons. The van der Waals surface area contributed by atoms with Crippen LogP contribution in [0.15, 0.2) is 0 Å². The third-order valence-corrected chi connectivity index (χ3v) is 1.39. The smallest absolute Gasteiger partial charge is 0.0636 e. The van der Waals surface area contributed by atoms with Crippen molar-refractivity contribution in [1.82, 2.24) is 5.32 Å². The van der Waals surface area contributed by atoms with Crippen molar-refractivity contribution in [3.63, 3.8) is 0 Å². The molecule has 4 N–H and O–H groups in total. The summed E-state index contributed by atoms with van der Waals surface area (Å²) in [4.78, 5) is 0. The number of β-amino-alcohol motifs (C(OH)–C–C–N with tert-alkyl or cyclic N) is 1. The lowest BCUT2D eigenvalue weighted by Crippen LogP contribution is -2.48. The Kier molecular flexibility index (Phi) is 3.86. The Morgan fingerprint density at radius 2 is 2.10 bits per heavy atom. The Bertz CT molecular complexity index is 91.6. The van der Waals surface area contributed by atoms with Gasteiger partial charge in [-0.2, -0.15) is 0 Å². The molecule has 0 radical (unpaired) electrons. The Morgan fingerprint density at radius 1 is 1.60 bits per heavy atom. The average Bonchev–Trinajstić information content (AvgIpc) is 1.85. The fraction of sp³-hybridized carbons (Fsp3) is 1.00. The van der Waals surface area contributed by atoms with Crippen molar-refractivity contribution in [2.45, 2.75) is 32.4 Å². The van der Waals surface area contributed by atoms with Crippen molar-refractivity contribution in [2.75, 3.05) is 13.1 Å². The minimum atomic E-state index is -0.300. The highest BCUT2D eigenvalue weighted by molar-refractivity contribution is 4.78. The van der Waals surface area contributed by atoms with Crippen LogP contribution in [0.25, 0.3) is 0 Å². The zero-order valence-corrected chi connectivity index (χ0v) is 7.02. The summed E-state index contributed by atoms with van der Waals surface area (Å²) in [6.45, 7) is 6.95. The minimum Gasteiger partial charge on any atom is -0.392 e. The van der Waals surface area contributed by atoms with Crippen molar-refractivity contribution < 1.29 is 5.11 Å². The first-order valence-corrected chi connectivity index (χ1v) is 3.61. The summed E-state index contributed by atoms with van der Waals surface area (Å²) in [5.74, 6) is 0. The van der Waals surface area contributed by atoms with Gasteiger partial charge in [0.1, 0.15) is 0 Å². The molecule has 0 aliphatic rings. The van der Waals surface area contributed by atoms with Crippen molar-refractivity contribution in [1.29, 1.82) is 0 Å². The fourth-order valence-electron chi connectivity index (χ4n) is 0.496. The van der Waals surface area contributed by atoms with E-state index in [9.17, 15) is 0 Å². The maximum atomic E-state index is 8.91. The molecule has 1 unspecified atom stereocenters. The van der Waals surface area contributed by atoms with Gasteiger partial charge < -0.3 is 16.2 Å². The van der Waals surface area contributed by atoms with E-state index < -0.39 is 0 Å². The van der Waals surface area contributed by atoms with Crippen LogP contribution in [0.4, 0.5) is 0 Å². The number of hydrogen-bond donors (Lipinski definition) is 3. The molecule has 0 aliphatic heterocycles. The van der Waals surface area contributed by atoms with E-state index in [1.807, 2.05) is 13.8 Å². The number of nitrogens with two attached hydrogens (primary N) is 1. The van der Waals surface area contributed by atoms with Crippen molar-refractivity contribution in [3.8, 4) is 0 Å². The highest BCUT2D eigenvalue weighted by Crippen LogP contribution is 1.97. The van der Waals surface area contributed by atoms with E-state index in [0.29, 0.717) is 13.1 Å². The van der Waals surface area contributed by atoms with Gasteiger partial charge in [0.15, 0.2) is 0 Å². The van der Waals surface area contributed by atoms with Crippen molar-refractivity contribution in [3.05, 3.63) is 0 Å². The SMILES string of the molecule is CC(O)CNC(C)(C)CN. The number of nitrogens with one attached hydrogen (secondary N) is 1. The average molecular weight is 146 g/mol. The van der Waals surface area contributed by atoms with Gasteiger partial charge in [-0.25, -0.2) is 0 Å². The van der Waals surface area contributed by atoms with Gasteiger partial charge in [0.05, 0.1) is 6.10 Å². The van der Waals surface area contributed by atoms with E-state index in [1.54, 1.807) is 6.92 Å². The largest absolute Gasteiger partial charge is 0.392 e. The molecule has 0 bridgehead atoms. The first kappa shape index (κ1) is 9.88. The van der Waals surface area contributed by atoms with Crippen LogP contribution in [0.1, 0.15) is 20.8 Å². The third kappa shape index (κ3) is 4.73. The van der Waals surface area contributed by atoms with Crippen LogP contribution in [0, 0.1) is 0 Å². The second-order valence-electron chi connectivity index (χ2n) is 3.32. The van der Waals surface area contributed by atoms with E-state index in [0.717, 1.165) is 0 Å². The van der Waals surface area contributed by atoms with Gasteiger partial charge in [0.2, 0.25) is 0 Å². The summed E-state index contributed by atoms with van der Waals surface area (Å²) < 4.78 is 0. The molecule has 3 nitrogen and oxygen atoms in total. The van der Waals surface area contributed by atoms with Crippen LogP contribution >= 0.6 is 0 Å². The van der Waals surface area contributed by atoms with Gasteiger partial charge >= 0.3 is 0 Å². The van der Waals surface area contributed by atoms with Gasteiger partial charge in [-0.15, -0.1) is 0 Å². The van der Waals surface area contributed by atoms with Crippen LogP contribution < -0.4 is 11.1 Å². The van der Waals surface area contributed by atoms with Crippen LogP contribution in [0.5, 0.6) is 0 Å². The molecule has 0 spiro atoms. The van der Waals surface area contributed by atoms with Crippen molar-refractivity contribution >= 4 is 0 Å². The van der Waals surface area contributed by atoms with Crippen LogP contribution in [-0.2, 0) is 0 Å². The molecular formula is C7H18N2O. The standard InChI is InChI=1S/C7H18N2O/c1-6(10)4-9-7(2,3)5-8/h6,9-10H,4-5,8H2,1-3H3. The summed E-state index contributed by atoms with van der Waals surface area (Å²) in [6, 6.07) is 0. The summed E-state index contributed by atoms with van der Waals surface area (Å²) in [5, 5.41) is 12.0. The molecule has 0 saturated carbocycles. The fourth-order valence-corrected chi connectivity index (χ4v) is 0.496. The summed E-state index contributed by atoms with van der Waals surface area (Å²) in [5.41, 5.74) is 5.39. The molecule has 0 aliphatic carbocycles. The van der Waals surface area contributed by atoms with E-state index in [1.165, 1.54) is 0 Å². The van der Waals surface area contributed by atoms with Gasteiger partial charge in [-0.1, -0.05) is 0 Å². The molecule has 1 atom stereocenters. The topological polar surface area (TPSA) is 58.3 Å². The Balaban J connectivity index is 3.46. The maximum Gasteiger partial charge on any atom is 0.0636 e. The van der Waals surface area contributed by atoms with Crippen molar-refractivity contribution in [2.24, 2.45) is 5.73 Å². The number of rotatable bonds is 4. The number of aliphatic hydroxyl groups is 1. The number of hydrogen-bond acceptors (Lipinski definition) is 3. The quantitative estimate of drug-likeness (QED) is 0.510. The van der Waals surface area contributed by atoms with Gasteiger partial charge in [0, 0.05) is 18.6 Å². The number of aliphatic hydroxyl groups excluding tert-OH is 1. The Labute approximate surface area is 62.6 Å². The molecule has 0 aromatic carbocycles. The zero-order valence-electron chi connectivity index (χ0n) is 7.02. The lowest BCUT2D eigenvalue weighted by molar-refractivity contribution is 0.177. The zero-order chi connectivity index (χ0) is 8.20. The first-order chi connectivity index (χ1) is 4.48. The predicted molar refractivity (Wildman–Crippen MR) is 42.8 cm³/mol. The maximum absolute atomic E-state index is 8.91. The van der Waals surface area contributed by atoms with E-state index >= 15 is 0 Å². The molecule has 0 aromatic rings. The van der Waals surface area contributed by atoms with Gasteiger partial charge in [-0.3, -0.25) is 0 Å². The predicted octanol–water partition coefficient (Wildman–Crippen LogP) is -0.306. The molecule has 10 heavy (non-hydrogen) atoms. The summed E-state index contributed by atoms with van der Waals surface area (Å²) in [7, 11) is 0. The highest BCUT2D eigenvalue weighted by atomic mass is 16.3. The van der Waals surface area contributed by atoms with Gasteiger partial charge in [-0.05, 0) is 20.8 Å². The third-order valence-electron chi connectivity index (χ3n) is 1.39. The molecule has 0 rings (SSSR count). The van der Waals surface area contributed by atoms with E-state index in [-0.39, 0.29) is 11.6 Å². The molecule has 3 heteroatoms. The van der Waals surface area contributed by atoms with Gasteiger partial charge in [0.25, 0.3) is 0 Å². The monoisotopic (exact) mass is 146 g/mol. The molecule has 0 saturated heterocycles. The lowest BCUT2D eigenvalue weighted by Gasteiger charge is -2.24. The molecule has 0 amide bonds. The first-order valence-electron chi connectivity index (χ1n) is 3.61. The molecule has 0 heterocycles. The second-order valence-corrected chi connectivity index (χ2v) is 3.32. The van der Waals surface area contributed by atoms with Crippen LogP contribution in [0.2, 0.25) is 0 Å². The normalized spacial score (nSPS) is 15.3. The van der Waals surface area contributed by atoms with E-state index in [4.69, 9.17) is 10.8 Å². The molecule has 0 fully saturated rings. The summed E-state index contributed by atoms with van der Waals surface area (Å²) in [6.07, 6.45) is -0.300. The second kappa shape index (κ2) is 3.91. The highest BCUT2D eigenvalue weighted by Gasteiger charge is 2.14. The minimum absolute atomic E-state index is 0.0585. The van der Waals surface area contributed by atoms with E-state index in [2.05, 4.69) is 5.32 Å². The molecular weight excluding hydrogens is 128 g/mol. The summed E-state index contributed by atoms with van der Waals surface area (Å²) >= 11 is 0. The Morgan fingerprint density at radius 3 is 2.40 bits per heavy atom. The Hall–Kier alpha value is -0.120. The molecule has 0 aromatic heterocycles. The lowest BCUT2D eigenvalue weighted by atomic mass is 10.1. The van der Waals surface area contributed by atoms with Crippen LogP contribution in [-0.4, -0.2) is 29.8 Å². The van der Waals surface area contributed by atoms with Crippen LogP contribution in [0.3, 0.4) is 0 Å².